The Morgan fingerprint density at radius 3 is 2.62 bits per heavy atom. The van der Waals surface area contributed by atoms with Crippen LogP contribution in [0.4, 0.5) is 5.82 Å². The molecule has 0 unspecified atom stereocenters. The van der Waals surface area contributed by atoms with Gasteiger partial charge in [0.25, 0.3) is 0 Å². The first kappa shape index (κ1) is 17.1. The van der Waals surface area contributed by atoms with Gasteiger partial charge in [-0.25, -0.2) is 9.97 Å². The molecule has 0 atom stereocenters. The zero-order valence-corrected chi connectivity index (χ0v) is 15.5. The zero-order chi connectivity index (χ0) is 15.1. The molecule has 0 aromatic carbocycles. The van der Waals surface area contributed by atoms with E-state index in [0.717, 1.165) is 34.8 Å². The fraction of sp³-hybridized carbons (Fsp3) is 0.750. The topological polar surface area (TPSA) is 37.8 Å². The van der Waals surface area contributed by atoms with E-state index >= 15 is 0 Å². The third-order valence-electron chi connectivity index (χ3n) is 3.79. The fourth-order valence-corrected chi connectivity index (χ4v) is 4.10. The highest BCUT2D eigenvalue weighted by Gasteiger charge is 2.23. The van der Waals surface area contributed by atoms with Crippen molar-refractivity contribution < 1.29 is 0 Å². The van der Waals surface area contributed by atoms with E-state index in [2.05, 4.69) is 35.1 Å². The Balaban J connectivity index is 2.21. The Bertz CT molecular complexity index is 447. The Morgan fingerprint density at radius 1 is 1.19 bits per heavy atom. The van der Waals surface area contributed by atoms with Gasteiger partial charge < -0.3 is 5.32 Å². The lowest BCUT2D eigenvalue weighted by molar-refractivity contribution is 0.683. The van der Waals surface area contributed by atoms with Crippen molar-refractivity contribution in [3.63, 3.8) is 0 Å². The molecule has 1 aliphatic rings. The highest BCUT2D eigenvalue weighted by molar-refractivity contribution is 9.10. The van der Waals surface area contributed by atoms with Gasteiger partial charge in [0.15, 0.2) is 0 Å². The van der Waals surface area contributed by atoms with E-state index in [1.54, 1.807) is 0 Å². The number of hydrogen-bond donors (Lipinski definition) is 1. The van der Waals surface area contributed by atoms with Crippen LogP contribution >= 0.6 is 27.7 Å². The Hall–Kier alpha value is -0.290. The molecule has 0 bridgehead atoms. The van der Waals surface area contributed by atoms with Gasteiger partial charge in [0.2, 0.25) is 0 Å². The quantitative estimate of drug-likeness (QED) is 0.623. The monoisotopic (exact) mass is 371 g/mol. The predicted octanol–water partition coefficient (Wildman–Crippen LogP) is 5.36. The average molecular weight is 372 g/mol. The van der Waals surface area contributed by atoms with Crippen molar-refractivity contribution in [2.24, 2.45) is 0 Å². The van der Waals surface area contributed by atoms with Crippen LogP contribution in [0.1, 0.15) is 69.8 Å². The van der Waals surface area contributed by atoms with E-state index in [1.165, 1.54) is 43.6 Å². The molecule has 1 aromatic rings. The first-order valence-electron chi connectivity index (χ1n) is 8.14. The summed E-state index contributed by atoms with van der Waals surface area (Å²) in [6.45, 7) is 5.35. The van der Waals surface area contributed by atoms with Crippen LogP contribution < -0.4 is 5.32 Å². The van der Waals surface area contributed by atoms with Crippen LogP contribution in [0.3, 0.4) is 0 Å². The number of hydrogen-bond acceptors (Lipinski definition) is 4. The summed E-state index contributed by atoms with van der Waals surface area (Å²) in [6.07, 6.45) is 7.51. The van der Waals surface area contributed by atoms with E-state index in [-0.39, 0.29) is 0 Å². The molecule has 0 aliphatic heterocycles. The number of thioether (sulfide) groups is 1. The molecule has 0 spiro atoms. The molecule has 1 aliphatic carbocycles. The Morgan fingerprint density at radius 2 is 1.95 bits per heavy atom. The third-order valence-corrected chi connectivity index (χ3v) is 5.73. The number of anilines is 1. The molecule has 1 heterocycles. The lowest BCUT2D eigenvalue weighted by Crippen LogP contribution is -2.10. The van der Waals surface area contributed by atoms with Gasteiger partial charge in [-0.1, -0.05) is 26.7 Å². The SMILES string of the molecule is CCCNc1nc(CSCCC)nc(C2CCCC2)c1Br. The van der Waals surface area contributed by atoms with E-state index < -0.39 is 0 Å². The molecule has 0 radical (unpaired) electrons. The van der Waals surface area contributed by atoms with E-state index in [1.807, 2.05) is 11.8 Å². The predicted molar refractivity (Wildman–Crippen MR) is 96.2 cm³/mol. The van der Waals surface area contributed by atoms with E-state index in [4.69, 9.17) is 9.97 Å². The molecule has 1 aromatic heterocycles. The summed E-state index contributed by atoms with van der Waals surface area (Å²) in [4.78, 5) is 9.60. The van der Waals surface area contributed by atoms with Crippen LogP contribution in [0.2, 0.25) is 0 Å². The summed E-state index contributed by atoms with van der Waals surface area (Å²) in [5.74, 6) is 4.68. The largest absolute Gasteiger partial charge is 0.369 e. The summed E-state index contributed by atoms with van der Waals surface area (Å²) in [5, 5.41) is 3.45. The lowest BCUT2D eigenvalue weighted by Gasteiger charge is -2.16. The van der Waals surface area contributed by atoms with Crippen LogP contribution in [0, 0.1) is 0 Å². The van der Waals surface area contributed by atoms with Gasteiger partial charge in [-0.2, -0.15) is 11.8 Å². The summed E-state index contributed by atoms with van der Waals surface area (Å²) in [6, 6.07) is 0. The first-order valence-corrected chi connectivity index (χ1v) is 10.1. The maximum absolute atomic E-state index is 4.88. The molecule has 0 amide bonds. The van der Waals surface area contributed by atoms with Gasteiger partial charge in [-0.05, 0) is 47.4 Å². The van der Waals surface area contributed by atoms with Crippen LogP contribution in [0.15, 0.2) is 4.47 Å². The van der Waals surface area contributed by atoms with Crippen molar-refractivity contribution in [3.8, 4) is 0 Å². The average Bonchev–Trinajstić information content (AvgIpc) is 3.01. The van der Waals surface area contributed by atoms with Crippen molar-refractivity contribution in [1.82, 2.24) is 9.97 Å². The fourth-order valence-electron chi connectivity index (χ4n) is 2.72. The van der Waals surface area contributed by atoms with Crippen molar-refractivity contribution in [2.75, 3.05) is 17.6 Å². The summed E-state index contributed by atoms with van der Waals surface area (Å²) >= 11 is 5.67. The Kier molecular flexibility index (Phi) is 7.30. The van der Waals surface area contributed by atoms with Crippen molar-refractivity contribution in [2.45, 2.75) is 64.0 Å². The summed E-state index contributed by atoms with van der Waals surface area (Å²) in [5.41, 5.74) is 1.23. The minimum absolute atomic E-state index is 0.611. The first-order chi connectivity index (χ1) is 10.3. The summed E-state index contributed by atoms with van der Waals surface area (Å²) < 4.78 is 1.09. The van der Waals surface area contributed by atoms with Gasteiger partial charge in [0, 0.05) is 12.5 Å². The molecule has 2 rings (SSSR count). The van der Waals surface area contributed by atoms with Crippen LogP contribution in [-0.4, -0.2) is 22.3 Å². The van der Waals surface area contributed by atoms with Crippen LogP contribution in [0.25, 0.3) is 0 Å². The minimum Gasteiger partial charge on any atom is -0.369 e. The Labute approximate surface area is 141 Å². The molecule has 1 saturated carbocycles. The second-order valence-corrected chi connectivity index (χ2v) is 7.55. The molecule has 118 valence electrons. The maximum atomic E-state index is 4.88. The highest BCUT2D eigenvalue weighted by Crippen LogP contribution is 2.39. The molecule has 1 N–H and O–H groups in total. The highest BCUT2D eigenvalue weighted by atomic mass is 79.9. The maximum Gasteiger partial charge on any atom is 0.144 e. The second kappa shape index (κ2) is 8.99. The summed E-state index contributed by atoms with van der Waals surface area (Å²) in [7, 11) is 0. The van der Waals surface area contributed by atoms with Gasteiger partial charge in [0.1, 0.15) is 11.6 Å². The van der Waals surface area contributed by atoms with E-state index in [0.29, 0.717) is 5.92 Å². The van der Waals surface area contributed by atoms with Crippen molar-refractivity contribution >= 4 is 33.5 Å². The molecule has 3 nitrogen and oxygen atoms in total. The van der Waals surface area contributed by atoms with Gasteiger partial charge in [-0.15, -0.1) is 0 Å². The smallest absolute Gasteiger partial charge is 0.144 e. The van der Waals surface area contributed by atoms with Gasteiger partial charge in [-0.3, -0.25) is 0 Å². The van der Waals surface area contributed by atoms with Crippen LogP contribution in [0.5, 0.6) is 0 Å². The second-order valence-electron chi connectivity index (χ2n) is 5.65. The molecule has 21 heavy (non-hydrogen) atoms. The number of aromatic nitrogens is 2. The molecular weight excluding hydrogens is 346 g/mol. The van der Waals surface area contributed by atoms with Crippen LogP contribution in [-0.2, 0) is 5.75 Å². The molecule has 0 saturated heterocycles. The number of nitrogens with one attached hydrogen (secondary N) is 1. The molecule has 5 heteroatoms. The van der Waals surface area contributed by atoms with Gasteiger partial charge >= 0.3 is 0 Å². The normalized spacial score (nSPS) is 15.6. The van der Waals surface area contributed by atoms with E-state index in [9.17, 15) is 0 Å². The van der Waals surface area contributed by atoms with Crippen molar-refractivity contribution in [1.29, 1.82) is 0 Å². The molecule has 1 fully saturated rings. The number of halogens is 1. The van der Waals surface area contributed by atoms with Gasteiger partial charge in [0.05, 0.1) is 15.9 Å². The molecular formula is C16H26BrN3S. The third kappa shape index (κ3) is 4.85. The standard InChI is InChI=1S/C16H26BrN3S/c1-3-9-18-16-14(17)15(12-7-5-6-8-12)19-13(20-16)11-21-10-4-2/h12H,3-11H2,1-2H3,(H,18,19,20). The zero-order valence-electron chi connectivity index (χ0n) is 13.1. The number of nitrogens with zero attached hydrogens (tertiary/aromatic N) is 2. The van der Waals surface area contributed by atoms with Crippen molar-refractivity contribution in [3.05, 3.63) is 16.0 Å². The number of rotatable bonds is 8. The minimum atomic E-state index is 0.611. The lowest BCUT2D eigenvalue weighted by atomic mass is 10.0.